The Morgan fingerprint density at radius 1 is 1.06 bits per heavy atom. The average molecular weight is 473 g/mol. The molecule has 2 heterocycles. The van der Waals surface area contributed by atoms with Crippen LogP contribution in [0.1, 0.15) is 76.2 Å². The first kappa shape index (κ1) is 24.7. The van der Waals surface area contributed by atoms with Crippen molar-refractivity contribution >= 4 is 29.5 Å². The van der Waals surface area contributed by atoms with Gasteiger partial charge in [-0.05, 0) is 48.1 Å². The van der Waals surface area contributed by atoms with Gasteiger partial charge in [0.05, 0.1) is 10.7 Å². The van der Waals surface area contributed by atoms with Gasteiger partial charge in [-0.15, -0.1) is 23.5 Å². The Morgan fingerprint density at radius 2 is 1.88 bits per heavy atom. The van der Waals surface area contributed by atoms with Crippen molar-refractivity contribution in [1.29, 1.82) is 0 Å². The van der Waals surface area contributed by atoms with Crippen molar-refractivity contribution in [2.45, 2.75) is 63.4 Å². The van der Waals surface area contributed by atoms with Gasteiger partial charge in [-0.2, -0.15) is 0 Å². The molecule has 1 aromatic heterocycles. The Balaban J connectivity index is 1.69. The zero-order valence-corrected chi connectivity index (χ0v) is 20.8. The predicted octanol–water partition coefficient (Wildman–Crippen LogP) is 7.00. The number of benzene rings is 1. The van der Waals surface area contributed by atoms with Crippen LogP contribution >= 0.6 is 23.5 Å². The van der Waals surface area contributed by atoms with Gasteiger partial charge >= 0.3 is 5.97 Å². The molecule has 0 spiro atoms. The van der Waals surface area contributed by atoms with Crippen LogP contribution in [-0.4, -0.2) is 24.1 Å². The van der Waals surface area contributed by atoms with Crippen LogP contribution in [0.2, 0.25) is 0 Å². The molecule has 172 valence electrons. The lowest BCUT2D eigenvalue weighted by Crippen LogP contribution is -2.27. The van der Waals surface area contributed by atoms with Gasteiger partial charge in [-0.25, -0.2) is 0 Å². The molecule has 2 aromatic rings. The van der Waals surface area contributed by atoms with Crippen LogP contribution in [0.5, 0.6) is 11.7 Å². The van der Waals surface area contributed by atoms with Crippen molar-refractivity contribution < 1.29 is 18.7 Å². The van der Waals surface area contributed by atoms with Crippen molar-refractivity contribution in [2.24, 2.45) is 0 Å². The number of carbonyl (C=O) groups excluding carboxylic acids is 1. The van der Waals surface area contributed by atoms with E-state index in [0.717, 1.165) is 61.5 Å². The predicted molar refractivity (Wildman–Crippen MR) is 134 cm³/mol. The SMILES string of the molecule is CCCCCCC(=O)Oc1ccc(C#Cc2ccc3c(c2)C(SCC)(SCC)CCO3)o1. The maximum atomic E-state index is 11.9. The van der Waals surface area contributed by atoms with Crippen LogP contribution in [-0.2, 0) is 8.87 Å². The van der Waals surface area contributed by atoms with E-state index in [1.54, 1.807) is 12.1 Å². The van der Waals surface area contributed by atoms with Crippen molar-refractivity contribution in [1.82, 2.24) is 0 Å². The fourth-order valence-corrected chi connectivity index (χ4v) is 6.76. The lowest BCUT2D eigenvalue weighted by molar-refractivity contribution is -0.135. The molecule has 0 saturated carbocycles. The Labute approximate surface area is 200 Å². The molecule has 3 rings (SSSR count). The van der Waals surface area contributed by atoms with Crippen molar-refractivity contribution in [3.8, 4) is 23.5 Å². The van der Waals surface area contributed by atoms with Crippen LogP contribution in [0.3, 0.4) is 0 Å². The fraction of sp³-hybridized carbons (Fsp3) is 0.500. The number of carbonyl (C=O) groups is 1. The molecule has 0 amide bonds. The molecule has 0 aliphatic carbocycles. The summed E-state index contributed by atoms with van der Waals surface area (Å²) < 4.78 is 16.8. The van der Waals surface area contributed by atoms with E-state index in [9.17, 15) is 4.79 Å². The fourth-order valence-electron chi connectivity index (χ4n) is 3.70. The molecular weight excluding hydrogens is 440 g/mol. The van der Waals surface area contributed by atoms with E-state index in [1.165, 1.54) is 5.56 Å². The Morgan fingerprint density at radius 3 is 2.62 bits per heavy atom. The zero-order valence-electron chi connectivity index (χ0n) is 19.2. The number of hydrogen-bond donors (Lipinski definition) is 0. The number of unbranched alkanes of at least 4 members (excludes halogenated alkanes) is 3. The summed E-state index contributed by atoms with van der Waals surface area (Å²) in [7, 11) is 0. The van der Waals surface area contributed by atoms with Crippen LogP contribution in [0.15, 0.2) is 34.7 Å². The molecule has 0 unspecified atom stereocenters. The van der Waals surface area contributed by atoms with Crippen molar-refractivity contribution in [3.63, 3.8) is 0 Å². The number of hydrogen-bond acceptors (Lipinski definition) is 6. The molecule has 1 aliphatic rings. The van der Waals surface area contributed by atoms with Crippen LogP contribution in [0, 0.1) is 11.8 Å². The highest BCUT2D eigenvalue weighted by atomic mass is 32.2. The summed E-state index contributed by atoms with van der Waals surface area (Å²) >= 11 is 3.95. The van der Waals surface area contributed by atoms with Gasteiger partial charge in [0.1, 0.15) is 5.75 Å². The highest BCUT2D eigenvalue weighted by molar-refractivity contribution is 8.17. The number of esters is 1. The highest BCUT2D eigenvalue weighted by Crippen LogP contribution is 2.54. The number of fused-ring (bicyclic) bond motifs is 1. The first-order valence-corrected chi connectivity index (χ1v) is 13.4. The first-order valence-electron chi connectivity index (χ1n) is 11.5. The molecule has 0 bridgehead atoms. The van der Waals surface area contributed by atoms with Gasteiger partial charge < -0.3 is 13.9 Å². The number of furan rings is 1. The van der Waals surface area contributed by atoms with Crippen molar-refractivity contribution in [2.75, 3.05) is 18.1 Å². The van der Waals surface area contributed by atoms with Gasteiger partial charge in [0, 0.05) is 30.0 Å². The minimum absolute atomic E-state index is 0.0119. The van der Waals surface area contributed by atoms with Crippen LogP contribution < -0.4 is 9.47 Å². The van der Waals surface area contributed by atoms with E-state index in [2.05, 4.69) is 38.7 Å². The molecule has 1 aliphatic heterocycles. The molecule has 0 N–H and O–H groups in total. The lowest BCUT2D eigenvalue weighted by atomic mass is 10.0. The summed E-state index contributed by atoms with van der Waals surface area (Å²) in [6.45, 7) is 7.29. The number of thioether (sulfide) groups is 2. The second kappa shape index (κ2) is 12.3. The molecule has 0 radical (unpaired) electrons. The Bertz CT molecular complexity index is 948. The molecule has 6 heteroatoms. The summed E-state index contributed by atoms with van der Waals surface area (Å²) in [5.74, 6) is 9.71. The van der Waals surface area contributed by atoms with Crippen LogP contribution in [0.4, 0.5) is 0 Å². The molecule has 0 atom stereocenters. The van der Waals surface area contributed by atoms with Crippen LogP contribution in [0.25, 0.3) is 0 Å². The Hall–Kier alpha value is -1.97. The summed E-state index contributed by atoms with van der Waals surface area (Å²) in [6.07, 6.45) is 5.56. The van der Waals surface area contributed by atoms with Gasteiger partial charge in [0.2, 0.25) is 0 Å². The summed E-state index contributed by atoms with van der Waals surface area (Å²) in [4.78, 5) is 11.9. The molecule has 4 nitrogen and oxygen atoms in total. The normalized spacial score (nSPS) is 14.1. The third kappa shape index (κ3) is 6.52. The molecule has 1 aromatic carbocycles. The second-order valence-corrected chi connectivity index (χ2v) is 11.0. The van der Waals surface area contributed by atoms with E-state index in [1.807, 2.05) is 35.7 Å². The van der Waals surface area contributed by atoms with Gasteiger partial charge in [-0.1, -0.05) is 46.0 Å². The van der Waals surface area contributed by atoms with E-state index in [0.29, 0.717) is 12.2 Å². The summed E-state index contributed by atoms with van der Waals surface area (Å²) in [5, 5.41) is 0. The third-order valence-electron chi connectivity index (χ3n) is 5.19. The molecular formula is C26H32O4S2. The van der Waals surface area contributed by atoms with E-state index < -0.39 is 0 Å². The minimum atomic E-state index is -0.261. The zero-order chi connectivity index (χ0) is 22.8. The number of ether oxygens (including phenoxy) is 2. The topological polar surface area (TPSA) is 48.7 Å². The van der Waals surface area contributed by atoms with E-state index in [-0.39, 0.29) is 16.0 Å². The third-order valence-corrected chi connectivity index (χ3v) is 8.26. The second-order valence-electron chi connectivity index (χ2n) is 7.58. The molecule has 0 saturated heterocycles. The highest BCUT2D eigenvalue weighted by Gasteiger charge is 2.38. The number of rotatable bonds is 10. The van der Waals surface area contributed by atoms with Gasteiger partial charge in [-0.3, -0.25) is 4.79 Å². The van der Waals surface area contributed by atoms with E-state index in [4.69, 9.17) is 13.9 Å². The van der Waals surface area contributed by atoms with Gasteiger partial charge in [0.25, 0.3) is 5.95 Å². The van der Waals surface area contributed by atoms with E-state index >= 15 is 0 Å². The molecule has 0 fully saturated rings. The summed E-state index contributed by atoms with van der Waals surface area (Å²) in [5.41, 5.74) is 2.13. The maximum Gasteiger partial charge on any atom is 0.313 e. The standard InChI is InChI=1S/C26H32O4S2/c1-4-7-8-9-10-24(27)30-25-16-14-21(29-25)13-11-20-12-15-23-22(19-20)26(31-5-2,32-6-3)17-18-28-23/h12,14-16,19H,4-10,17-18H2,1-3H3. The monoisotopic (exact) mass is 472 g/mol. The first-order chi connectivity index (χ1) is 15.6. The largest absolute Gasteiger partial charge is 0.493 e. The summed E-state index contributed by atoms with van der Waals surface area (Å²) in [6, 6.07) is 9.53. The van der Waals surface area contributed by atoms with Crippen molar-refractivity contribution in [3.05, 3.63) is 47.2 Å². The Kier molecular flexibility index (Phi) is 9.50. The minimum Gasteiger partial charge on any atom is -0.493 e. The average Bonchev–Trinajstić information content (AvgIpc) is 3.23. The van der Waals surface area contributed by atoms with Gasteiger partial charge in [0.15, 0.2) is 5.76 Å². The smallest absolute Gasteiger partial charge is 0.313 e. The maximum absolute atomic E-state index is 11.9. The molecule has 32 heavy (non-hydrogen) atoms. The lowest BCUT2D eigenvalue weighted by Gasteiger charge is -2.37. The quantitative estimate of drug-likeness (QED) is 0.161.